The summed E-state index contributed by atoms with van der Waals surface area (Å²) >= 11 is 0. The van der Waals surface area contributed by atoms with Gasteiger partial charge in [-0.15, -0.1) is 0 Å². The van der Waals surface area contributed by atoms with E-state index >= 15 is 0 Å². The fourth-order valence-electron chi connectivity index (χ4n) is 2.86. The molecule has 2 aromatic rings. The molecule has 1 saturated carbocycles. The number of furan rings is 1. The number of carbonyl (C=O) groups is 1. The zero-order valence-electron chi connectivity index (χ0n) is 13.1. The maximum absolute atomic E-state index is 11.9. The Kier molecular flexibility index (Phi) is 5.14. The summed E-state index contributed by atoms with van der Waals surface area (Å²) in [5.41, 5.74) is 1.90. The highest BCUT2D eigenvalue weighted by Crippen LogP contribution is 2.22. The molecule has 1 fully saturated rings. The molecule has 2 N–H and O–H groups in total. The van der Waals surface area contributed by atoms with Gasteiger partial charge in [0.15, 0.2) is 0 Å². The molecular weight excluding hydrogens is 288 g/mol. The van der Waals surface area contributed by atoms with E-state index in [4.69, 9.17) is 4.42 Å². The van der Waals surface area contributed by atoms with Crippen molar-refractivity contribution in [1.29, 1.82) is 0 Å². The Morgan fingerprint density at radius 3 is 2.48 bits per heavy atom. The third-order valence-electron chi connectivity index (χ3n) is 4.07. The first-order chi connectivity index (χ1) is 11.3. The summed E-state index contributed by atoms with van der Waals surface area (Å²) in [6.07, 6.45) is 11.2. The zero-order valence-corrected chi connectivity index (χ0v) is 13.1. The van der Waals surface area contributed by atoms with Gasteiger partial charge in [-0.1, -0.05) is 19.3 Å². The second kappa shape index (κ2) is 7.68. The van der Waals surface area contributed by atoms with Crippen LogP contribution in [0.25, 0.3) is 6.08 Å². The zero-order chi connectivity index (χ0) is 15.9. The lowest BCUT2D eigenvalue weighted by atomic mass is 9.95. The molecular formula is C19H22N2O2. The van der Waals surface area contributed by atoms with Crippen LogP contribution in [0.4, 0.5) is 11.4 Å². The molecule has 0 spiro atoms. The Hall–Kier alpha value is -2.49. The first kappa shape index (κ1) is 15.4. The molecule has 0 atom stereocenters. The van der Waals surface area contributed by atoms with Crippen molar-refractivity contribution in [3.05, 3.63) is 54.5 Å². The lowest BCUT2D eigenvalue weighted by molar-refractivity contribution is -0.111. The van der Waals surface area contributed by atoms with Gasteiger partial charge in [0.25, 0.3) is 0 Å². The molecule has 1 aromatic carbocycles. The number of nitrogens with one attached hydrogen (secondary N) is 2. The molecule has 1 amide bonds. The Bertz CT molecular complexity index is 639. The average molecular weight is 310 g/mol. The summed E-state index contributed by atoms with van der Waals surface area (Å²) in [6, 6.07) is 12.0. The van der Waals surface area contributed by atoms with Gasteiger partial charge >= 0.3 is 0 Å². The number of hydrogen-bond acceptors (Lipinski definition) is 3. The summed E-state index contributed by atoms with van der Waals surface area (Å²) < 4.78 is 5.15. The van der Waals surface area contributed by atoms with E-state index in [1.807, 2.05) is 24.3 Å². The predicted octanol–water partition coefficient (Wildman–Crippen LogP) is 4.68. The highest BCUT2D eigenvalue weighted by atomic mass is 16.3. The topological polar surface area (TPSA) is 54.3 Å². The second-order valence-electron chi connectivity index (χ2n) is 5.89. The summed E-state index contributed by atoms with van der Waals surface area (Å²) in [4.78, 5) is 11.9. The fraction of sp³-hybridized carbons (Fsp3) is 0.316. The van der Waals surface area contributed by atoms with Crippen molar-refractivity contribution in [2.45, 2.75) is 38.1 Å². The van der Waals surface area contributed by atoms with Crippen LogP contribution in [0, 0.1) is 0 Å². The number of rotatable bonds is 5. The molecule has 0 saturated heterocycles. The molecule has 120 valence electrons. The minimum Gasteiger partial charge on any atom is -0.465 e. The standard InChI is InChI=1S/C19H22N2O2/c22-19(13-12-18-7-4-14-23-18)21-17-10-8-16(9-11-17)20-15-5-2-1-3-6-15/h4,7-15,20H,1-3,5-6H2,(H,21,22)/b13-12+. The van der Waals surface area contributed by atoms with Gasteiger partial charge in [-0.3, -0.25) is 4.79 Å². The lowest BCUT2D eigenvalue weighted by Crippen LogP contribution is -2.22. The van der Waals surface area contributed by atoms with Crippen LogP contribution in [0.2, 0.25) is 0 Å². The maximum Gasteiger partial charge on any atom is 0.248 e. The van der Waals surface area contributed by atoms with Crippen LogP contribution < -0.4 is 10.6 Å². The first-order valence-corrected chi connectivity index (χ1v) is 8.19. The van der Waals surface area contributed by atoms with Crippen LogP contribution in [0.5, 0.6) is 0 Å². The molecule has 0 bridgehead atoms. The molecule has 0 aliphatic heterocycles. The van der Waals surface area contributed by atoms with Gasteiger partial charge in [-0.25, -0.2) is 0 Å². The molecule has 23 heavy (non-hydrogen) atoms. The minimum atomic E-state index is -0.172. The normalized spacial score (nSPS) is 15.7. The number of benzene rings is 1. The number of carbonyl (C=O) groups excluding carboxylic acids is 1. The van der Waals surface area contributed by atoms with Crippen molar-refractivity contribution in [3.63, 3.8) is 0 Å². The Morgan fingerprint density at radius 2 is 1.78 bits per heavy atom. The Balaban J connectivity index is 1.51. The predicted molar refractivity (Wildman–Crippen MR) is 93.3 cm³/mol. The number of hydrogen-bond donors (Lipinski definition) is 2. The Labute approximate surface area is 136 Å². The minimum absolute atomic E-state index is 0.172. The maximum atomic E-state index is 11.9. The molecule has 1 heterocycles. The van der Waals surface area contributed by atoms with E-state index in [0.717, 1.165) is 11.4 Å². The van der Waals surface area contributed by atoms with Crippen molar-refractivity contribution in [3.8, 4) is 0 Å². The van der Waals surface area contributed by atoms with Crippen LogP contribution in [0.1, 0.15) is 37.9 Å². The smallest absolute Gasteiger partial charge is 0.248 e. The van der Waals surface area contributed by atoms with Gasteiger partial charge in [-0.05, 0) is 55.3 Å². The van der Waals surface area contributed by atoms with Gasteiger partial charge in [0.05, 0.1) is 6.26 Å². The summed E-state index contributed by atoms with van der Waals surface area (Å²) in [6.45, 7) is 0. The lowest BCUT2D eigenvalue weighted by Gasteiger charge is -2.23. The third kappa shape index (κ3) is 4.74. The first-order valence-electron chi connectivity index (χ1n) is 8.19. The van der Waals surface area contributed by atoms with E-state index in [1.165, 1.54) is 38.2 Å². The molecule has 1 aliphatic carbocycles. The van der Waals surface area contributed by atoms with Crippen LogP contribution in [0.15, 0.2) is 53.2 Å². The van der Waals surface area contributed by atoms with Crippen LogP contribution in [-0.4, -0.2) is 11.9 Å². The van der Waals surface area contributed by atoms with Crippen LogP contribution >= 0.6 is 0 Å². The van der Waals surface area contributed by atoms with Crippen LogP contribution in [0.3, 0.4) is 0 Å². The van der Waals surface area contributed by atoms with Gasteiger partial charge < -0.3 is 15.1 Å². The number of anilines is 2. The van der Waals surface area contributed by atoms with E-state index in [1.54, 1.807) is 24.5 Å². The molecule has 1 aliphatic rings. The van der Waals surface area contributed by atoms with E-state index in [0.29, 0.717) is 11.8 Å². The summed E-state index contributed by atoms with van der Waals surface area (Å²) in [7, 11) is 0. The molecule has 4 nitrogen and oxygen atoms in total. The van der Waals surface area contributed by atoms with E-state index in [-0.39, 0.29) is 5.91 Å². The molecule has 3 rings (SSSR count). The van der Waals surface area contributed by atoms with Crippen LogP contribution in [-0.2, 0) is 4.79 Å². The highest BCUT2D eigenvalue weighted by molar-refractivity contribution is 6.01. The third-order valence-corrected chi connectivity index (χ3v) is 4.07. The summed E-state index contributed by atoms with van der Waals surface area (Å²) in [5.74, 6) is 0.488. The van der Waals surface area contributed by atoms with Crippen molar-refractivity contribution >= 4 is 23.4 Å². The summed E-state index contributed by atoms with van der Waals surface area (Å²) in [5, 5.41) is 6.41. The van der Waals surface area contributed by atoms with Gasteiger partial charge in [0, 0.05) is 23.5 Å². The average Bonchev–Trinajstić information content (AvgIpc) is 3.09. The van der Waals surface area contributed by atoms with Crippen molar-refractivity contribution in [1.82, 2.24) is 0 Å². The quantitative estimate of drug-likeness (QED) is 0.789. The Morgan fingerprint density at radius 1 is 1.04 bits per heavy atom. The van der Waals surface area contributed by atoms with Crippen molar-refractivity contribution < 1.29 is 9.21 Å². The van der Waals surface area contributed by atoms with Crippen molar-refractivity contribution in [2.24, 2.45) is 0 Å². The van der Waals surface area contributed by atoms with E-state index < -0.39 is 0 Å². The van der Waals surface area contributed by atoms with Gasteiger partial charge in [0.1, 0.15) is 5.76 Å². The monoisotopic (exact) mass is 310 g/mol. The largest absolute Gasteiger partial charge is 0.465 e. The molecule has 0 radical (unpaired) electrons. The van der Waals surface area contributed by atoms with E-state index in [2.05, 4.69) is 10.6 Å². The van der Waals surface area contributed by atoms with Crippen molar-refractivity contribution in [2.75, 3.05) is 10.6 Å². The van der Waals surface area contributed by atoms with Gasteiger partial charge in [-0.2, -0.15) is 0 Å². The molecule has 0 unspecified atom stereocenters. The molecule has 1 aromatic heterocycles. The molecule has 4 heteroatoms. The highest BCUT2D eigenvalue weighted by Gasteiger charge is 2.12. The van der Waals surface area contributed by atoms with Gasteiger partial charge in [0.2, 0.25) is 5.91 Å². The number of amides is 1. The fourth-order valence-corrected chi connectivity index (χ4v) is 2.86. The second-order valence-corrected chi connectivity index (χ2v) is 5.89. The van der Waals surface area contributed by atoms with E-state index in [9.17, 15) is 4.79 Å². The SMILES string of the molecule is O=C(/C=C/c1ccco1)Nc1ccc(NC2CCCCC2)cc1.